The SMILES string of the molecule is O=C(c1n[nH]c(=O)c2ccccc12)N1CCN([C@H]2CCS(=O)(=O)C2)CC1. The van der Waals surface area contributed by atoms with Crippen molar-refractivity contribution in [1.82, 2.24) is 20.0 Å². The number of rotatable bonds is 2. The summed E-state index contributed by atoms with van der Waals surface area (Å²) in [4.78, 5) is 28.6. The highest BCUT2D eigenvalue weighted by Gasteiger charge is 2.34. The summed E-state index contributed by atoms with van der Waals surface area (Å²) in [6, 6.07) is 6.98. The minimum atomic E-state index is -2.91. The maximum Gasteiger partial charge on any atom is 0.275 e. The molecule has 0 saturated carbocycles. The Morgan fingerprint density at radius 2 is 1.81 bits per heavy atom. The molecule has 0 radical (unpaired) electrons. The van der Waals surface area contributed by atoms with Gasteiger partial charge in [-0.3, -0.25) is 14.5 Å². The fourth-order valence-corrected chi connectivity index (χ4v) is 5.54. The molecule has 1 aromatic carbocycles. The number of hydrogen-bond acceptors (Lipinski definition) is 6. The van der Waals surface area contributed by atoms with E-state index in [4.69, 9.17) is 0 Å². The summed E-state index contributed by atoms with van der Waals surface area (Å²) in [5.74, 6) is 0.258. The molecule has 0 spiro atoms. The third-order valence-corrected chi connectivity index (χ3v) is 6.98. The summed E-state index contributed by atoms with van der Waals surface area (Å²) in [5, 5.41) is 7.36. The van der Waals surface area contributed by atoms with Gasteiger partial charge < -0.3 is 4.90 Å². The van der Waals surface area contributed by atoms with E-state index in [9.17, 15) is 18.0 Å². The van der Waals surface area contributed by atoms with Gasteiger partial charge in [0.15, 0.2) is 15.5 Å². The maximum atomic E-state index is 12.9. The lowest BCUT2D eigenvalue weighted by atomic mass is 10.1. The minimum Gasteiger partial charge on any atom is -0.335 e. The third kappa shape index (κ3) is 3.12. The molecule has 0 unspecified atom stereocenters. The monoisotopic (exact) mass is 376 g/mol. The van der Waals surface area contributed by atoms with Crippen molar-refractivity contribution >= 4 is 26.5 Å². The molecule has 8 nitrogen and oxygen atoms in total. The van der Waals surface area contributed by atoms with Gasteiger partial charge in [-0.05, 0) is 12.5 Å². The molecular formula is C17H20N4O4S. The highest BCUT2D eigenvalue weighted by atomic mass is 32.2. The van der Waals surface area contributed by atoms with Gasteiger partial charge in [-0.1, -0.05) is 18.2 Å². The van der Waals surface area contributed by atoms with Crippen LogP contribution in [0.4, 0.5) is 0 Å². The maximum absolute atomic E-state index is 12.9. The normalized spacial score (nSPS) is 23.4. The topological polar surface area (TPSA) is 103 Å². The highest BCUT2D eigenvalue weighted by Crippen LogP contribution is 2.20. The predicted octanol–water partition coefficient (Wildman–Crippen LogP) is -0.132. The van der Waals surface area contributed by atoms with Gasteiger partial charge in [0.25, 0.3) is 11.5 Å². The molecule has 4 rings (SSSR count). The quantitative estimate of drug-likeness (QED) is 0.783. The van der Waals surface area contributed by atoms with E-state index in [2.05, 4.69) is 15.1 Å². The molecule has 9 heteroatoms. The van der Waals surface area contributed by atoms with E-state index in [-0.39, 0.29) is 34.7 Å². The number of aromatic amines is 1. The Morgan fingerprint density at radius 1 is 1.12 bits per heavy atom. The van der Waals surface area contributed by atoms with Gasteiger partial charge in [-0.25, -0.2) is 13.5 Å². The molecule has 138 valence electrons. The minimum absolute atomic E-state index is 0.0595. The van der Waals surface area contributed by atoms with Crippen LogP contribution in [-0.4, -0.2) is 78.0 Å². The van der Waals surface area contributed by atoms with Crippen molar-refractivity contribution in [3.63, 3.8) is 0 Å². The zero-order valence-corrected chi connectivity index (χ0v) is 15.0. The number of aromatic nitrogens is 2. The number of nitrogens with zero attached hydrogens (tertiary/aromatic N) is 3. The van der Waals surface area contributed by atoms with E-state index >= 15 is 0 Å². The molecule has 1 aromatic heterocycles. The van der Waals surface area contributed by atoms with Crippen LogP contribution in [0.5, 0.6) is 0 Å². The first-order valence-electron chi connectivity index (χ1n) is 8.66. The molecule has 2 saturated heterocycles. The lowest BCUT2D eigenvalue weighted by Gasteiger charge is -2.37. The highest BCUT2D eigenvalue weighted by molar-refractivity contribution is 7.91. The van der Waals surface area contributed by atoms with Gasteiger partial charge in [0.2, 0.25) is 0 Å². The number of nitrogens with one attached hydrogen (secondary N) is 1. The Balaban J connectivity index is 1.49. The van der Waals surface area contributed by atoms with Crippen LogP contribution >= 0.6 is 0 Å². The van der Waals surface area contributed by atoms with Crippen LogP contribution in [0.3, 0.4) is 0 Å². The van der Waals surface area contributed by atoms with Crippen molar-refractivity contribution in [2.45, 2.75) is 12.5 Å². The van der Waals surface area contributed by atoms with Gasteiger partial charge in [0, 0.05) is 37.6 Å². The standard InChI is InChI=1S/C17H20N4O4S/c22-16-14-4-2-1-3-13(14)15(18-19-16)17(23)21-8-6-20(7-9-21)12-5-10-26(24,25)11-12/h1-4,12H,5-11H2,(H,19,22)/t12-/m0/s1. The number of carbonyl (C=O) groups is 1. The molecule has 1 amide bonds. The molecule has 2 aliphatic rings. The molecule has 2 fully saturated rings. The number of fused-ring (bicyclic) bond motifs is 1. The molecule has 26 heavy (non-hydrogen) atoms. The first kappa shape index (κ1) is 17.2. The second-order valence-corrected chi connectivity index (χ2v) is 9.06. The first-order valence-corrected chi connectivity index (χ1v) is 10.5. The zero-order valence-electron chi connectivity index (χ0n) is 14.2. The molecule has 0 aliphatic carbocycles. The van der Waals surface area contributed by atoms with Crippen molar-refractivity contribution in [2.75, 3.05) is 37.7 Å². The second kappa shape index (κ2) is 6.48. The van der Waals surface area contributed by atoms with Crippen molar-refractivity contribution in [1.29, 1.82) is 0 Å². The van der Waals surface area contributed by atoms with E-state index in [1.807, 2.05) is 0 Å². The van der Waals surface area contributed by atoms with Gasteiger partial charge >= 0.3 is 0 Å². The molecular weight excluding hydrogens is 356 g/mol. The number of sulfone groups is 1. The van der Waals surface area contributed by atoms with Crippen molar-refractivity contribution in [2.24, 2.45) is 0 Å². The molecule has 2 aromatic rings. The second-order valence-electron chi connectivity index (χ2n) is 6.83. The van der Waals surface area contributed by atoms with E-state index in [0.29, 0.717) is 43.4 Å². The average molecular weight is 376 g/mol. The lowest BCUT2D eigenvalue weighted by Crippen LogP contribution is -2.52. The predicted molar refractivity (Wildman–Crippen MR) is 96.9 cm³/mol. The third-order valence-electron chi connectivity index (χ3n) is 5.22. The molecule has 3 heterocycles. The van der Waals surface area contributed by atoms with Gasteiger partial charge in [-0.2, -0.15) is 5.10 Å². The van der Waals surface area contributed by atoms with Crippen LogP contribution in [0, 0.1) is 0 Å². The van der Waals surface area contributed by atoms with E-state index in [0.717, 1.165) is 0 Å². The Hall–Kier alpha value is -2.26. The number of H-pyrrole nitrogens is 1. The zero-order chi connectivity index (χ0) is 18.3. The van der Waals surface area contributed by atoms with E-state index < -0.39 is 9.84 Å². The fraction of sp³-hybridized carbons (Fsp3) is 0.471. The summed E-state index contributed by atoms with van der Waals surface area (Å²) < 4.78 is 23.3. The van der Waals surface area contributed by atoms with Gasteiger partial charge in [0.05, 0.1) is 16.9 Å². The van der Waals surface area contributed by atoms with Crippen LogP contribution in [0.15, 0.2) is 29.1 Å². The smallest absolute Gasteiger partial charge is 0.275 e. The van der Waals surface area contributed by atoms with E-state index in [1.165, 1.54) is 0 Å². The number of carbonyl (C=O) groups excluding carboxylic acids is 1. The number of piperazine rings is 1. The van der Waals surface area contributed by atoms with Crippen LogP contribution in [-0.2, 0) is 9.84 Å². The number of hydrogen-bond donors (Lipinski definition) is 1. The number of benzene rings is 1. The van der Waals surface area contributed by atoms with Crippen LogP contribution in [0.2, 0.25) is 0 Å². The largest absolute Gasteiger partial charge is 0.335 e. The summed E-state index contributed by atoms with van der Waals surface area (Å²) in [6.07, 6.45) is 0.669. The lowest BCUT2D eigenvalue weighted by molar-refractivity contribution is 0.0583. The Kier molecular flexibility index (Phi) is 4.28. The van der Waals surface area contributed by atoms with Crippen LogP contribution in [0.1, 0.15) is 16.9 Å². The van der Waals surface area contributed by atoms with Crippen molar-refractivity contribution in [3.8, 4) is 0 Å². The van der Waals surface area contributed by atoms with Crippen LogP contribution < -0.4 is 5.56 Å². The Bertz CT molecular complexity index is 1010. The van der Waals surface area contributed by atoms with E-state index in [1.54, 1.807) is 29.2 Å². The molecule has 1 N–H and O–H groups in total. The van der Waals surface area contributed by atoms with Crippen LogP contribution in [0.25, 0.3) is 10.8 Å². The summed E-state index contributed by atoms with van der Waals surface area (Å²) >= 11 is 0. The Labute approximate surface area is 150 Å². The molecule has 2 aliphatic heterocycles. The molecule has 0 bridgehead atoms. The Morgan fingerprint density at radius 3 is 2.46 bits per heavy atom. The summed E-state index contributed by atoms with van der Waals surface area (Å²) in [5.41, 5.74) is -0.0680. The van der Waals surface area contributed by atoms with Crippen molar-refractivity contribution in [3.05, 3.63) is 40.3 Å². The number of amides is 1. The summed E-state index contributed by atoms with van der Waals surface area (Å²) in [6.45, 7) is 2.33. The van der Waals surface area contributed by atoms with Gasteiger partial charge in [-0.15, -0.1) is 0 Å². The summed E-state index contributed by atoms with van der Waals surface area (Å²) in [7, 11) is -2.91. The average Bonchev–Trinajstić information content (AvgIpc) is 3.02. The van der Waals surface area contributed by atoms with Crippen molar-refractivity contribution < 1.29 is 13.2 Å². The fourth-order valence-electron chi connectivity index (χ4n) is 3.78. The first-order chi connectivity index (χ1) is 12.4. The van der Waals surface area contributed by atoms with Gasteiger partial charge in [0.1, 0.15) is 0 Å². The molecule has 1 atom stereocenters.